The molecule has 0 aliphatic carbocycles. The first-order chi connectivity index (χ1) is 9.74. The summed E-state index contributed by atoms with van der Waals surface area (Å²) in [6.07, 6.45) is 0. The molecule has 0 saturated carbocycles. The smallest absolute Gasteiger partial charge is 0.205 e. The lowest BCUT2D eigenvalue weighted by Gasteiger charge is -1.98. The largest absolute Gasteiger partial charge is 0.295 e. The first kappa shape index (κ1) is 12.2. The molecule has 2 aromatic carbocycles. The highest BCUT2D eigenvalue weighted by Crippen LogP contribution is 2.15. The minimum atomic E-state index is 0.0393. The maximum absolute atomic E-state index is 11.2. The first-order valence-electron chi connectivity index (χ1n) is 6.21. The molecule has 3 rings (SSSR count). The van der Waals surface area contributed by atoms with E-state index in [1.54, 1.807) is 19.1 Å². The van der Waals surface area contributed by atoms with Crippen molar-refractivity contribution < 1.29 is 4.79 Å². The van der Waals surface area contributed by atoms with E-state index in [2.05, 4.69) is 15.4 Å². The minimum absolute atomic E-state index is 0.0393. The molecule has 98 valence electrons. The molecule has 20 heavy (non-hydrogen) atoms. The van der Waals surface area contributed by atoms with Gasteiger partial charge in [-0.1, -0.05) is 42.5 Å². The molecule has 0 spiro atoms. The third-order valence-electron chi connectivity index (χ3n) is 2.95. The lowest BCUT2D eigenvalue weighted by Crippen LogP contribution is -1.98. The molecule has 1 heterocycles. The van der Waals surface area contributed by atoms with E-state index in [0.717, 1.165) is 11.3 Å². The number of hydrogen-bond acceptors (Lipinski definition) is 4. The number of para-hydroxylation sites is 1. The van der Waals surface area contributed by atoms with Gasteiger partial charge in [0.1, 0.15) is 0 Å². The van der Waals surface area contributed by atoms with Gasteiger partial charge in [0, 0.05) is 11.1 Å². The van der Waals surface area contributed by atoms with Crippen LogP contribution in [-0.2, 0) is 0 Å². The van der Waals surface area contributed by atoms with Crippen LogP contribution in [0.25, 0.3) is 17.1 Å². The second kappa shape index (κ2) is 5.05. The summed E-state index contributed by atoms with van der Waals surface area (Å²) in [4.78, 5) is 12.7. The van der Waals surface area contributed by atoms with E-state index in [9.17, 15) is 4.79 Å². The van der Waals surface area contributed by atoms with E-state index < -0.39 is 0 Å². The number of ketones is 1. The third kappa shape index (κ3) is 2.33. The highest BCUT2D eigenvalue weighted by atomic mass is 16.1. The second-order valence-corrected chi connectivity index (χ2v) is 4.37. The molecule has 0 saturated heterocycles. The molecule has 0 unspecified atom stereocenters. The molecule has 0 amide bonds. The number of carbonyl (C=O) groups excluding carboxylic acids is 1. The van der Waals surface area contributed by atoms with E-state index in [4.69, 9.17) is 0 Å². The summed E-state index contributed by atoms with van der Waals surface area (Å²) in [6.45, 7) is 1.54. The van der Waals surface area contributed by atoms with Crippen LogP contribution in [0.2, 0.25) is 0 Å². The molecular weight excluding hydrogens is 252 g/mol. The molecule has 3 aromatic rings. The van der Waals surface area contributed by atoms with Crippen LogP contribution < -0.4 is 0 Å². The van der Waals surface area contributed by atoms with Crippen molar-refractivity contribution in [2.75, 3.05) is 0 Å². The van der Waals surface area contributed by atoms with Gasteiger partial charge in [0.2, 0.25) is 5.82 Å². The number of benzene rings is 2. The lowest BCUT2D eigenvalue weighted by molar-refractivity contribution is 0.101. The topological polar surface area (TPSA) is 60.7 Å². The molecule has 0 atom stereocenters. The van der Waals surface area contributed by atoms with Crippen molar-refractivity contribution >= 4 is 5.78 Å². The maximum atomic E-state index is 11.2. The third-order valence-corrected chi connectivity index (χ3v) is 2.95. The van der Waals surface area contributed by atoms with Gasteiger partial charge in [-0.2, -0.15) is 0 Å². The predicted molar refractivity (Wildman–Crippen MR) is 74.6 cm³/mol. The van der Waals surface area contributed by atoms with Gasteiger partial charge in [0.05, 0.1) is 5.69 Å². The average molecular weight is 264 g/mol. The number of nitrogens with zero attached hydrogens (tertiary/aromatic N) is 4. The van der Waals surface area contributed by atoms with Gasteiger partial charge in [0.25, 0.3) is 0 Å². The Morgan fingerprint density at radius 3 is 2.35 bits per heavy atom. The predicted octanol–water partition coefficient (Wildman–Crippen LogP) is 2.53. The molecule has 0 aliphatic heterocycles. The number of tetrazole rings is 1. The van der Waals surface area contributed by atoms with Crippen LogP contribution in [0.15, 0.2) is 54.6 Å². The van der Waals surface area contributed by atoms with Crippen molar-refractivity contribution in [3.8, 4) is 17.1 Å². The van der Waals surface area contributed by atoms with Gasteiger partial charge in [-0.15, -0.1) is 15.0 Å². The van der Waals surface area contributed by atoms with Crippen LogP contribution in [0.1, 0.15) is 17.3 Å². The second-order valence-electron chi connectivity index (χ2n) is 4.37. The standard InChI is InChI=1S/C15H12N4O/c1-11(20)12-7-9-13(10-8-12)15-16-18-19(17-15)14-5-3-2-4-6-14/h2-10H,1H3. The average Bonchev–Trinajstić information content (AvgIpc) is 2.98. The lowest BCUT2D eigenvalue weighted by atomic mass is 10.1. The summed E-state index contributed by atoms with van der Waals surface area (Å²) < 4.78 is 0. The summed E-state index contributed by atoms with van der Waals surface area (Å²) in [5.74, 6) is 0.571. The highest BCUT2D eigenvalue weighted by molar-refractivity contribution is 5.94. The quantitative estimate of drug-likeness (QED) is 0.682. The Labute approximate surface area is 115 Å². The zero-order valence-electron chi connectivity index (χ0n) is 10.9. The van der Waals surface area contributed by atoms with E-state index >= 15 is 0 Å². The zero-order valence-corrected chi connectivity index (χ0v) is 10.9. The fourth-order valence-electron chi connectivity index (χ4n) is 1.85. The van der Waals surface area contributed by atoms with Crippen LogP contribution in [-0.4, -0.2) is 26.0 Å². The summed E-state index contributed by atoms with van der Waals surface area (Å²) in [7, 11) is 0. The van der Waals surface area contributed by atoms with Crippen LogP contribution in [0, 0.1) is 0 Å². The van der Waals surface area contributed by atoms with E-state index in [1.807, 2.05) is 42.5 Å². The Balaban J connectivity index is 1.92. The van der Waals surface area contributed by atoms with Gasteiger partial charge >= 0.3 is 0 Å². The first-order valence-corrected chi connectivity index (χ1v) is 6.21. The normalized spacial score (nSPS) is 10.4. The Morgan fingerprint density at radius 2 is 1.70 bits per heavy atom. The van der Waals surface area contributed by atoms with Crippen LogP contribution >= 0.6 is 0 Å². The summed E-state index contributed by atoms with van der Waals surface area (Å²) in [5, 5.41) is 12.4. The highest BCUT2D eigenvalue weighted by Gasteiger charge is 2.07. The molecule has 5 heteroatoms. The molecule has 0 bridgehead atoms. The zero-order chi connectivity index (χ0) is 13.9. The fourth-order valence-corrected chi connectivity index (χ4v) is 1.85. The van der Waals surface area contributed by atoms with Crippen molar-refractivity contribution in [2.45, 2.75) is 6.92 Å². The minimum Gasteiger partial charge on any atom is -0.295 e. The Kier molecular flexibility index (Phi) is 3.09. The number of rotatable bonds is 3. The fraction of sp³-hybridized carbons (Fsp3) is 0.0667. The van der Waals surface area contributed by atoms with Crippen LogP contribution in [0.5, 0.6) is 0 Å². The number of aromatic nitrogens is 4. The molecule has 0 aliphatic rings. The number of carbonyl (C=O) groups is 1. The molecule has 0 N–H and O–H groups in total. The number of hydrogen-bond donors (Lipinski definition) is 0. The molecule has 1 aromatic heterocycles. The van der Waals surface area contributed by atoms with Gasteiger partial charge in [-0.05, 0) is 24.3 Å². The van der Waals surface area contributed by atoms with E-state index in [1.165, 1.54) is 4.80 Å². The molecular formula is C15H12N4O. The summed E-state index contributed by atoms with van der Waals surface area (Å²) in [6, 6.07) is 16.8. The Bertz CT molecular complexity index is 732. The Hall–Kier alpha value is -2.82. The Morgan fingerprint density at radius 1 is 1.00 bits per heavy atom. The van der Waals surface area contributed by atoms with E-state index in [0.29, 0.717) is 11.4 Å². The van der Waals surface area contributed by atoms with Gasteiger partial charge in [0.15, 0.2) is 5.78 Å². The van der Waals surface area contributed by atoms with Crippen molar-refractivity contribution in [3.63, 3.8) is 0 Å². The van der Waals surface area contributed by atoms with Crippen molar-refractivity contribution in [2.24, 2.45) is 0 Å². The molecule has 0 fully saturated rings. The van der Waals surface area contributed by atoms with Gasteiger partial charge in [-0.25, -0.2) is 0 Å². The van der Waals surface area contributed by atoms with Crippen molar-refractivity contribution in [1.82, 2.24) is 20.2 Å². The summed E-state index contributed by atoms with van der Waals surface area (Å²) in [5.41, 5.74) is 2.35. The number of Topliss-reactive ketones (excluding diaryl/α,β-unsaturated/α-hetero) is 1. The molecule has 5 nitrogen and oxygen atoms in total. The maximum Gasteiger partial charge on any atom is 0.205 e. The monoisotopic (exact) mass is 264 g/mol. The van der Waals surface area contributed by atoms with Crippen LogP contribution in [0.3, 0.4) is 0 Å². The van der Waals surface area contributed by atoms with E-state index in [-0.39, 0.29) is 5.78 Å². The van der Waals surface area contributed by atoms with Gasteiger partial charge in [-0.3, -0.25) is 4.79 Å². The van der Waals surface area contributed by atoms with Crippen molar-refractivity contribution in [3.05, 3.63) is 60.2 Å². The van der Waals surface area contributed by atoms with Crippen molar-refractivity contribution in [1.29, 1.82) is 0 Å². The van der Waals surface area contributed by atoms with Gasteiger partial charge < -0.3 is 0 Å². The van der Waals surface area contributed by atoms with Crippen LogP contribution in [0.4, 0.5) is 0 Å². The molecule has 0 radical (unpaired) electrons. The summed E-state index contributed by atoms with van der Waals surface area (Å²) >= 11 is 0. The SMILES string of the molecule is CC(=O)c1ccc(-c2nnn(-c3ccccc3)n2)cc1.